The van der Waals surface area contributed by atoms with Gasteiger partial charge >= 0.3 is 0 Å². The average molecular weight is 264 g/mol. The summed E-state index contributed by atoms with van der Waals surface area (Å²) in [5, 5.41) is 0. The smallest absolute Gasteiger partial charge is 0.0815 e. The van der Waals surface area contributed by atoms with Gasteiger partial charge in [0.15, 0.2) is 0 Å². The molecule has 0 radical (unpaired) electrons. The molecule has 1 aromatic heterocycles. The lowest BCUT2D eigenvalue weighted by Crippen LogP contribution is -2.09. The molecule has 1 saturated carbocycles. The summed E-state index contributed by atoms with van der Waals surface area (Å²) in [5.41, 5.74) is 3.12. The second-order valence-electron chi connectivity index (χ2n) is 5.38. The molecule has 0 aliphatic heterocycles. The molecule has 0 bridgehead atoms. The number of pyridine rings is 1. The fourth-order valence-corrected chi connectivity index (χ4v) is 2.70. The maximum atomic E-state index is 4.70. The Labute approximate surface area is 120 Å². The fraction of sp³-hybridized carbons (Fsp3) is 0.333. The van der Waals surface area contributed by atoms with E-state index < -0.39 is 0 Å². The zero-order valence-electron chi connectivity index (χ0n) is 11.7. The molecular weight excluding hydrogens is 244 g/mol. The molecule has 102 valence electrons. The molecule has 2 heteroatoms. The molecule has 0 spiro atoms. The quantitative estimate of drug-likeness (QED) is 0.749. The van der Waals surface area contributed by atoms with Gasteiger partial charge in [-0.25, -0.2) is 4.98 Å². The maximum absolute atomic E-state index is 4.70. The van der Waals surface area contributed by atoms with Crippen molar-refractivity contribution in [3.8, 4) is 11.3 Å². The number of aliphatic imine (C=N–C) groups is 1. The first-order chi connectivity index (χ1) is 9.92. The van der Waals surface area contributed by atoms with E-state index in [1.54, 1.807) is 0 Å². The largest absolute Gasteiger partial charge is 0.288 e. The Morgan fingerprint density at radius 3 is 2.50 bits per heavy atom. The zero-order valence-corrected chi connectivity index (χ0v) is 11.7. The SMILES string of the molecule is C(=NC1CCCCC1)c1cccc(-c2ccccc2)n1. The monoisotopic (exact) mass is 264 g/mol. The standard InChI is InChI=1S/C18H20N2/c1-3-8-15(9-4-1)18-13-7-12-17(20-18)14-19-16-10-5-2-6-11-16/h1,3-4,7-9,12-14,16H,2,5-6,10-11H2. The topological polar surface area (TPSA) is 25.2 Å². The van der Waals surface area contributed by atoms with Crippen LogP contribution in [-0.4, -0.2) is 17.2 Å². The predicted octanol–water partition coefficient (Wildman–Crippen LogP) is 4.50. The Morgan fingerprint density at radius 2 is 1.70 bits per heavy atom. The van der Waals surface area contributed by atoms with Gasteiger partial charge in [0.05, 0.1) is 17.4 Å². The van der Waals surface area contributed by atoms with Gasteiger partial charge in [0.2, 0.25) is 0 Å². The summed E-state index contributed by atoms with van der Waals surface area (Å²) >= 11 is 0. The molecule has 1 aliphatic carbocycles. The van der Waals surface area contributed by atoms with Crippen LogP contribution in [0.2, 0.25) is 0 Å². The summed E-state index contributed by atoms with van der Waals surface area (Å²) in [5.74, 6) is 0. The minimum Gasteiger partial charge on any atom is -0.288 e. The summed E-state index contributed by atoms with van der Waals surface area (Å²) in [7, 11) is 0. The van der Waals surface area contributed by atoms with Crippen LogP contribution >= 0.6 is 0 Å². The van der Waals surface area contributed by atoms with Crippen LogP contribution in [-0.2, 0) is 0 Å². The first-order valence-electron chi connectivity index (χ1n) is 7.47. The lowest BCUT2D eigenvalue weighted by Gasteiger charge is -2.16. The Hall–Kier alpha value is -1.96. The summed E-state index contributed by atoms with van der Waals surface area (Å²) in [6.45, 7) is 0. The van der Waals surface area contributed by atoms with E-state index in [2.05, 4.69) is 23.2 Å². The maximum Gasteiger partial charge on any atom is 0.0815 e. The van der Waals surface area contributed by atoms with Gasteiger partial charge in [-0.1, -0.05) is 55.7 Å². The molecule has 2 nitrogen and oxygen atoms in total. The van der Waals surface area contributed by atoms with E-state index in [9.17, 15) is 0 Å². The van der Waals surface area contributed by atoms with Crippen LogP contribution < -0.4 is 0 Å². The van der Waals surface area contributed by atoms with Crippen molar-refractivity contribution in [3.05, 3.63) is 54.2 Å². The Kier molecular flexibility index (Phi) is 4.22. The summed E-state index contributed by atoms with van der Waals surface area (Å²) in [6, 6.07) is 16.9. The number of nitrogens with zero attached hydrogens (tertiary/aromatic N) is 2. The van der Waals surface area contributed by atoms with E-state index in [0.29, 0.717) is 6.04 Å². The first kappa shape index (κ1) is 13.0. The highest BCUT2D eigenvalue weighted by molar-refractivity contribution is 5.78. The van der Waals surface area contributed by atoms with E-state index in [-0.39, 0.29) is 0 Å². The highest BCUT2D eigenvalue weighted by Crippen LogP contribution is 2.20. The Morgan fingerprint density at radius 1 is 0.900 bits per heavy atom. The second kappa shape index (κ2) is 6.47. The second-order valence-corrected chi connectivity index (χ2v) is 5.38. The van der Waals surface area contributed by atoms with E-state index in [1.165, 1.54) is 32.1 Å². The van der Waals surface area contributed by atoms with Crippen LogP contribution in [0.1, 0.15) is 37.8 Å². The molecular formula is C18H20N2. The minimum absolute atomic E-state index is 0.505. The van der Waals surface area contributed by atoms with Crippen LogP contribution in [0.3, 0.4) is 0 Å². The van der Waals surface area contributed by atoms with Crippen LogP contribution in [0.4, 0.5) is 0 Å². The van der Waals surface area contributed by atoms with Crippen LogP contribution in [0, 0.1) is 0 Å². The molecule has 20 heavy (non-hydrogen) atoms. The van der Waals surface area contributed by atoms with E-state index in [4.69, 9.17) is 4.99 Å². The molecule has 0 N–H and O–H groups in total. The normalized spacial score (nSPS) is 16.6. The number of benzene rings is 1. The number of hydrogen-bond donors (Lipinski definition) is 0. The molecule has 0 unspecified atom stereocenters. The molecule has 0 amide bonds. The predicted molar refractivity (Wildman–Crippen MR) is 84.1 cm³/mol. The Bertz CT molecular complexity index is 569. The summed E-state index contributed by atoms with van der Waals surface area (Å²) in [6.07, 6.45) is 8.42. The van der Waals surface area contributed by atoms with E-state index in [0.717, 1.165) is 17.0 Å². The highest BCUT2D eigenvalue weighted by atomic mass is 14.8. The molecule has 1 aliphatic rings. The van der Waals surface area contributed by atoms with Gasteiger partial charge in [0, 0.05) is 11.8 Å². The molecule has 1 aromatic carbocycles. The lowest BCUT2D eigenvalue weighted by molar-refractivity contribution is 0.444. The molecule has 0 atom stereocenters. The molecule has 0 saturated heterocycles. The zero-order chi connectivity index (χ0) is 13.6. The van der Waals surface area contributed by atoms with Gasteiger partial charge in [0.25, 0.3) is 0 Å². The number of hydrogen-bond acceptors (Lipinski definition) is 2. The van der Waals surface area contributed by atoms with Gasteiger partial charge in [-0.15, -0.1) is 0 Å². The van der Waals surface area contributed by atoms with E-state index >= 15 is 0 Å². The van der Waals surface area contributed by atoms with Gasteiger partial charge in [-0.2, -0.15) is 0 Å². The van der Waals surface area contributed by atoms with Crippen molar-refractivity contribution in [3.63, 3.8) is 0 Å². The van der Waals surface area contributed by atoms with Gasteiger partial charge in [0.1, 0.15) is 0 Å². The third kappa shape index (κ3) is 3.32. The van der Waals surface area contributed by atoms with Crippen molar-refractivity contribution >= 4 is 6.21 Å². The number of aromatic nitrogens is 1. The summed E-state index contributed by atoms with van der Waals surface area (Å²) < 4.78 is 0. The van der Waals surface area contributed by atoms with E-state index in [1.807, 2.05) is 36.5 Å². The Balaban J connectivity index is 1.76. The van der Waals surface area contributed by atoms with Crippen molar-refractivity contribution in [2.24, 2.45) is 4.99 Å². The lowest BCUT2D eigenvalue weighted by atomic mass is 9.96. The third-order valence-electron chi connectivity index (χ3n) is 3.83. The van der Waals surface area contributed by atoms with Crippen LogP contribution in [0.5, 0.6) is 0 Å². The minimum atomic E-state index is 0.505. The first-order valence-corrected chi connectivity index (χ1v) is 7.47. The van der Waals surface area contributed by atoms with Crippen molar-refractivity contribution in [1.82, 2.24) is 4.98 Å². The molecule has 1 fully saturated rings. The fourth-order valence-electron chi connectivity index (χ4n) is 2.70. The van der Waals surface area contributed by atoms with Crippen molar-refractivity contribution in [2.75, 3.05) is 0 Å². The molecule has 2 aromatic rings. The number of rotatable bonds is 3. The highest BCUT2D eigenvalue weighted by Gasteiger charge is 2.10. The van der Waals surface area contributed by atoms with Gasteiger partial charge in [-0.3, -0.25) is 4.99 Å². The van der Waals surface area contributed by atoms with Gasteiger partial charge in [-0.05, 0) is 25.0 Å². The van der Waals surface area contributed by atoms with Crippen molar-refractivity contribution in [1.29, 1.82) is 0 Å². The third-order valence-corrected chi connectivity index (χ3v) is 3.83. The summed E-state index contributed by atoms with van der Waals surface area (Å²) in [4.78, 5) is 9.38. The van der Waals surface area contributed by atoms with Crippen molar-refractivity contribution < 1.29 is 0 Å². The average Bonchev–Trinajstić information content (AvgIpc) is 2.55. The molecule has 3 rings (SSSR count). The van der Waals surface area contributed by atoms with Crippen LogP contribution in [0.25, 0.3) is 11.3 Å². The van der Waals surface area contributed by atoms with Crippen molar-refractivity contribution in [2.45, 2.75) is 38.1 Å². The molecule has 1 heterocycles. The van der Waals surface area contributed by atoms with Gasteiger partial charge < -0.3 is 0 Å². The van der Waals surface area contributed by atoms with Crippen LogP contribution in [0.15, 0.2) is 53.5 Å².